The predicted octanol–water partition coefficient (Wildman–Crippen LogP) is 1.76. The Balaban J connectivity index is 2.52. The molecule has 1 radical (unpaired) electrons. The van der Waals surface area contributed by atoms with E-state index >= 15 is 0 Å². The zero-order valence-electron chi connectivity index (χ0n) is 6.29. The van der Waals surface area contributed by atoms with Crippen molar-refractivity contribution in [1.29, 1.82) is 0 Å². The third-order valence-corrected chi connectivity index (χ3v) is 1.55. The van der Waals surface area contributed by atoms with Crippen LogP contribution in [-0.2, 0) is 11.5 Å². The third kappa shape index (κ3) is 2.60. The molecule has 0 aliphatic rings. The van der Waals surface area contributed by atoms with Crippen molar-refractivity contribution in [3.05, 3.63) is 29.8 Å². The van der Waals surface area contributed by atoms with Gasteiger partial charge in [-0.3, -0.25) is 0 Å². The Bertz CT molecular complexity index is 203. The van der Waals surface area contributed by atoms with E-state index in [2.05, 4.69) is 0 Å². The number of hydrogen-bond donors (Lipinski definition) is 1. The van der Waals surface area contributed by atoms with Gasteiger partial charge >= 0.3 is 0 Å². The van der Waals surface area contributed by atoms with Crippen molar-refractivity contribution in [1.82, 2.24) is 0 Å². The summed E-state index contributed by atoms with van der Waals surface area (Å²) in [7, 11) is 0. The van der Waals surface area contributed by atoms with Crippen molar-refractivity contribution in [2.75, 3.05) is 6.61 Å². The highest BCUT2D eigenvalue weighted by molar-refractivity contribution is 5.25. The summed E-state index contributed by atoms with van der Waals surface area (Å²) in [5.41, 5.74) is 1.11. The first-order valence-corrected chi connectivity index (χ1v) is 3.69. The van der Waals surface area contributed by atoms with E-state index < -0.39 is 0 Å². The lowest BCUT2D eigenvalue weighted by atomic mass is 10.1. The molecule has 11 heavy (non-hydrogen) atoms. The summed E-state index contributed by atoms with van der Waals surface area (Å²) in [5, 5.41) is 19.0. The van der Waals surface area contributed by atoms with Crippen molar-refractivity contribution in [2.24, 2.45) is 0 Å². The van der Waals surface area contributed by atoms with Crippen LogP contribution in [0.4, 0.5) is 0 Å². The van der Waals surface area contributed by atoms with Crippen LogP contribution in [0, 0.1) is 0 Å². The molecule has 0 saturated heterocycles. The lowest BCUT2D eigenvalue weighted by Gasteiger charge is -1.97. The van der Waals surface area contributed by atoms with Gasteiger partial charge in [0.2, 0.25) is 0 Å². The van der Waals surface area contributed by atoms with Crippen LogP contribution in [0.25, 0.3) is 0 Å². The average Bonchev–Trinajstić information content (AvgIpc) is 2.04. The summed E-state index contributed by atoms with van der Waals surface area (Å²) in [6, 6.07) is 6.95. The Hall–Kier alpha value is -1.02. The van der Waals surface area contributed by atoms with E-state index in [9.17, 15) is 5.11 Å². The van der Waals surface area contributed by atoms with E-state index in [0.29, 0.717) is 6.42 Å². The summed E-state index contributed by atoms with van der Waals surface area (Å²) in [4.78, 5) is 0. The standard InChI is InChI=1S/C9H11O2/c10-7-1-2-8-3-5-9(11)6-4-8/h3-6,11H,1-2,7H2. The molecule has 0 bridgehead atoms. The molecule has 1 rings (SSSR count). The molecule has 0 aliphatic carbocycles. The smallest absolute Gasteiger partial charge is 0.115 e. The predicted molar refractivity (Wildman–Crippen MR) is 42.0 cm³/mol. The number of phenolic OH excluding ortho intramolecular Hbond substituents is 1. The van der Waals surface area contributed by atoms with Gasteiger partial charge in [-0.2, -0.15) is 0 Å². The molecular formula is C9H11O2. The van der Waals surface area contributed by atoms with Crippen LogP contribution >= 0.6 is 0 Å². The van der Waals surface area contributed by atoms with E-state index in [-0.39, 0.29) is 12.4 Å². The quantitative estimate of drug-likeness (QED) is 0.702. The fraction of sp³-hybridized carbons (Fsp3) is 0.333. The molecule has 0 aromatic heterocycles. The van der Waals surface area contributed by atoms with Gasteiger partial charge in [0.15, 0.2) is 0 Å². The summed E-state index contributed by atoms with van der Waals surface area (Å²) >= 11 is 0. The van der Waals surface area contributed by atoms with Gasteiger partial charge in [0.25, 0.3) is 0 Å². The van der Waals surface area contributed by atoms with Crippen molar-refractivity contribution in [3.63, 3.8) is 0 Å². The van der Waals surface area contributed by atoms with Gasteiger partial charge in [-0.15, -0.1) is 0 Å². The highest BCUT2D eigenvalue weighted by Crippen LogP contribution is 2.10. The number of rotatable bonds is 3. The molecule has 2 heteroatoms. The topological polar surface area (TPSA) is 40.1 Å². The minimum atomic E-state index is -0.0269. The number of phenols is 1. The molecule has 0 spiro atoms. The number of aromatic hydroxyl groups is 1. The Morgan fingerprint density at radius 1 is 1.18 bits per heavy atom. The minimum absolute atomic E-state index is 0.0269. The second-order valence-corrected chi connectivity index (χ2v) is 2.47. The molecule has 1 aromatic rings. The molecule has 0 unspecified atom stereocenters. The summed E-state index contributed by atoms with van der Waals surface area (Å²) < 4.78 is 0. The molecule has 0 amide bonds. The van der Waals surface area contributed by atoms with Crippen LogP contribution in [0.2, 0.25) is 0 Å². The maximum absolute atomic E-state index is 10.1. The molecule has 1 N–H and O–H groups in total. The van der Waals surface area contributed by atoms with Crippen LogP contribution in [0.3, 0.4) is 0 Å². The van der Waals surface area contributed by atoms with Crippen molar-refractivity contribution in [2.45, 2.75) is 12.8 Å². The Labute approximate surface area is 66.1 Å². The summed E-state index contributed by atoms with van der Waals surface area (Å²) in [6.45, 7) is -0.0269. The SMILES string of the molecule is [O]CCCc1ccc(O)cc1. The van der Waals surface area contributed by atoms with E-state index in [1.807, 2.05) is 12.1 Å². The van der Waals surface area contributed by atoms with E-state index in [1.165, 1.54) is 0 Å². The fourth-order valence-corrected chi connectivity index (χ4v) is 0.939. The summed E-state index contributed by atoms with van der Waals surface area (Å²) in [6.07, 6.45) is 1.48. The van der Waals surface area contributed by atoms with Gasteiger partial charge in [-0.25, -0.2) is 5.11 Å². The molecule has 0 atom stereocenters. The van der Waals surface area contributed by atoms with Gasteiger partial charge in [-0.05, 0) is 30.5 Å². The first-order valence-electron chi connectivity index (χ1n) is 3.69. The molecule has 2 nitrogen and oxygen atoms in total. The molecule has 59 valence electrons. The zero-order chi connectivity index (χ0) is 8.10. The van der Waals surface area contributed by atoms with E-state index in [1.54, 1.807) is 12.1 Å². The lowest BCUT2D eigenvalue weighted by Crippen LogP contribution is -1.86. The maximum atomic E-state index is 10.1. The molecule has 0 saturated carbocycles. The van der Waals surface area contributed by atoms with Gasteiger partial charge in [0, 0.05) is 0 Å². The number of benzene rings is 1. The average molecular weight is 151 g/mol. The Morgan fingerprint density at radius 2 is 1.82 bits per heavy atom. The van der Waals surface area contributed by atoms with Gasteiger partial charge in [0.1, 0.15) is 5.75 Å². The summed E-state index contributed by atoms with van der Waals surface area (Å²) in [5.74, 6) is 0.274. The first-order chi connectivity index (χ1) is 5.33. The highest BCUT2D eigenvalue weighted by Gasteiger charge is 1.92. The second-order valence-electron chi connectivity index (χ2n) is 2.47. The van der Waals surface area contributed by atoms with Crippen LogP contribution in [-0.4, -0.2) is 11.7 Å². The van der Waals surface area contributed by atoms with E-state index in [0.717, 1.165) is 12.0 Å². The molecule has 0 fully saturated rings. The van der Waals surface area contributed by atoms with E-state index in [4.69, 9.17) is 5.11 Å². The molecule has 1 aromatic carbocycles. The lowest BCUT2D eigenvalue weighted by molar-refractivity contribution is 0.189. The maximum Gasteiger partial charge on any atom is 0.115 e. The number of aryl methyl sites for hydroxylation is 1. The normalized spacial score (nSPS) is 9.91. The highest BCUT2D eigenvalue weighted by atomic mass is 16.3. The molecule has 0 aliphatic heterocycles. The van der Waals surface area contributed by atoms with Crippen LogP contribution in [0.15, 0.2) is 24.3 Å². The Kier molecular flexibility index (Phi) is 2.93. The van der Waals surface area contributed by atoms with Gasteiger partial charge < -0.3 is 5.11 Å². The fourth-order valence-electron chi connectivity index (χ4n) is 0.939. The van der Waals surface area contributed by atoms with Gasteiger partial charge in [0.05, 0.1) is 6.61 Å². The van der Waals surface area contributed by atoms with Gasteiger partial charge in [-0.1, -0.05) is 12.1 Å². The monoisotopic (exact) mass is 151 g/mol. The van der Waals surface area contributed by atoms with Crippen molar-refractivity contribution >= 4 is 0 Å². The van der Waals surface area contributed by atoms with Crippen molar-refractivity contribution in [3.8, 4) is 5.75 Å². The first kappa shape index (κ1) is 8.08. The largest absolute Gasteiger partial charge is 0.508 e. The second kappa shape index (κ2) is 3.98. The number of hydrogen-bond acceptors (Lipinski definition) is 1. The van der Waals surface area contributed by atoms with Crippen LogP contribution in [0.5, 0.6) is 5.75 Å². The molecular weight excluding hydrogens is 140 g/mol. The van der Waals surface area contributed by atoms with Crippen LogP contribution < -0.4 is 0 Å². The minimum Gasteiger partial charge on any atom is -0.508 e. The van der Waals surface area contributed by atoms with Crippen LogP contribution in [0.1, 0.15) is 12.0 Å². The van der Waals surface area contributed by atoms with Crippen molar-refractivity contribution < 1.29 is 10.2 Å². The zero-order valence-corrected chi connectivity index (χ0v) is 6.29. The third-order valence-electron chi connectivity index (χ3n) is 1.55. The Morgan fingerprint density at radius 3 is 2.36 bits per heavy atom. The molecule has 0 heterocycles.